The largest absolute Gasteiger partial charge is 0.262 e. The molecule has 1 saturated heterocycles. The van der Waals surface area contributed by atoms with Gasteiger partial charge in [0.2, 0.25) is 5.03 Å². The SMILES string of the molecule is BC1(B)CC(c2cn3ncnc3cc2Cl)CC(B)(B)N1S(=O)(=O)c1cn(C)nn1. The van der Waals surface area contributed by atoms with Crippen LogP contribution in [0.1, 0.15) is 24.3 Å². The molecule has 3 aromatic heterocycles. The molecular weight excluding hydrogens is 409 g/mol. The number of aryl methyl sites for hydroxylation is 1. The van der Waals surface area contributed by atoms with Crippen molar-refractivity contribution in [3.8, 4) is 0 Å². The quantitative estimate of drug-likeness (QED) is 0.410. The maximum Gasteiger partial charge on any atom is 0.262 e. The van der Waals surface area contributed by atoms with Gasteiger partial charge in [0.1, 0.15) is 37.7 Å². The zero-order valence-electron chi connectivity index (χ0n) is 17.0. The summed E-state index contributed by atoms with van der Waals surface area (Å²) in [6.45, 7) is 0. The van der Waals surface area contributed by atoms with Crippen molar-refractivity contribution in [2.75, 3.05) is 0 Å². The summed E-state index contributed by atoms with van der Waals surface area (Å²) in [7, 11) is 5.59. The number of aromatic nitrogens is 6. The van der Waals surface area contributed by atoms with Crippen molar-refractivity contribution in [1.82, 2.24) is 33.9 Å². The number of rotatable bonds is 3. The van der Waals surface area contributed by atoms with E-state index in [4.69, 9.17) is 11.6 Å². The minimum Gasteiger partial charge on any atom is -0.254 e. The fourth-order valence-electron chi connectivity index (χ4n) is 4.82. The van der Waals surface area contributed by atoms with E-state index in [2.05, 4.69) is 20.4 Å². The highest BCUT2D eigenvalue weighted by atomic mass is 35.5. The van der Waals surface area contributed by atoms with E-state index < -0.39 is 20.7 Å². The van der Waals surface area contributed by atoms with Gasteiger partial charge in [-0.25, -0.2) is 22.2 Å². The lowest BCUT2D eigenvalue weighted by molar-refractivity contribution is 0.207. The normalized spacial score (nSPS) is 20.2. The van der Waals surface area contributed by atoms with E-state index in [-0.39, 0.29) is 10.9 Å². The molecule has 0 bridgehead atoms. The fourth-order valence-corrected chi connectivity index (χ4v) is 7.19. The van der Waals surface area contributed by atoms with E-state index in [1.165, 1.54) is 17.2 Å². The highest BCUT2D eigenvalue weighted by Crippen LogP contribution is 2.45. The summed E-state index contributed by atoms with van der Waals surface area (Å²) in [6.07, 6.45) is 6.03. The Hall–Kier alpha value is -1.78. The summed E-state index contributed by atoms with van der Waals surface area (Å²) in [6, 6.07) is 1.80. The van der Waals surface area contributed by atoms with Crippen LogP contribution < -0.4 is 0 Å². The number of sulfonamides is 1. The molecular formula is C14H20B4ClN7O2S. The van der Waals surface area contributed by atoms with Crippen molar-refractivity contribution in [2.45, 2.75) is 34.5 Å². The standard InChI is InChI=1S/C14H20B4ClN7O2S/c1-24-6-12(22-23-24)29(27,28)26-13(15,16)3-8(4-14(26,17)18)9-5-25-11(2-10(9)19)20-7-21-25/h2,5-8H,3-4,15-18H2,1H3. The van der Waals surface area contributed by atoms with Crippen molar-refractivity contribution in [3.63, 3.8) is 0 Å². The lowest BCUT2D eigenvalue weighted by atomic mass is 9.46. The topological polar surface area (TPSA) is 98.3 Å². The molecule has 0 amide bonds. The Morgan fingerprint density at radius 1 is 1.17 bits per heavy atom. The van der Waals surface area contributed by atoms with E-state index in [1.807, 2.05) is 37.6 Å². The molecule has 0 N–H and O–H groups in total. The molecule has 4 rings (SSSR count). The van der Waals surface area contributed by atoms with E-state index in [1.54, 1.807) is 21.9 Å². The second kappa shape index (κ2) is 6.61. The summed E-state index contributed by atoms with van der Waals surface area (Å²) >= 11 is 6.57. The van der Waals surface area contributed by atoms with Crippen LogP contribution in [0.2, 0.25) is 5.02 Å². The zero-order valence-corrected chi connectivity index (χ0v) is 18.6. The number of pyridine rings is 1. The Balaban J connectivity index is 1.76. The van der Waals surface area contributed by atoms with Crippen molar-refractivity contribution in [2.24, 2.45) is 7.05 Å². The number of halogens is 1. The molecule has 0 unspecified atom stereocenters. The smallest absolute Gasteiger partial charge is 0.254 e. The van der Waals surface area contributed by atoms with Crippen LogP contribution in [0.3, 0.4) is 0 Å². The molecule has 0 saturated carbocycles. The Labute approximate surface area is 177 Å². The van der Waals surface area contributed by atoms with Crippen LogP contribution in [-0.4, -0.2) is 84.4 Å². The molecule has 0 aromatic carbocycles. The number of nitrogens with zero attached hydrogens (tertiary/aromatic N) is 7. The van der Waals surface area contributed by atoms with Gasteiger partial charge in [0.15, 0.2) is 5.65 Å². The first-order valence-electron chi connectivity index (χ1n) is 9.32. The van der Waals surface area contributed by atoms with Crippen LogP contribution in [0.25, 0.3) is 5.65 Å². The van der Waals surface area contributed by atoms with Gasteiger partial charge >= 0.3 is 0 Å². The zero-order chi connectivity index (χ0) is 21.2. The first-order chi connectivity index (χ1) is 13.4. The maximum atomic E-state index is 13.4. The van der Waals surface area contributed by atoms with Crippen molar-refractivity contribution in [1.29, 1.82) is 0 Å². The van der Waals surface area contributed by atoms with Gasteiger partial charge in [-0.1, -0.05) is 16.8 Å². The van der Waals surface area contributed by atoms with Crippen LogP contribution >= 0.6 is 11.6 Å². The molecule has 148 valence electrons. The lowest BCUT2D eigenvalue weighted by Crippen LogP contribution is -2.68. The third kappa shape index (κ3) is 3.40. The predicted octanol–water partition coefficient (Wildman–Crippen LogP) is -3.08. The molecule has 0 atom stereocenters. The Morgan fingerprint density at radius 2 is 1.83 bits per heavy atom. The minimum atomic E-state index is -3.82. The second-order valence-electron chi connectivity index (χ2n) is 8.87. The van der Waals surface area contributed by atoms with E-state index >= 15 is 0 Å². The summed E-state index contributed by atoms with van der Waals surface area (Å²) in [5.41, 5.74) is 1.63. The molecule has 0 spiro atoms. The number of hydrogen-bond donors (Lipinski definition) is 0. The average Bonchev–Trinajstić information content (AvgIpc) is 3.19. The number of piperidine rings is 1. The van der Waals surface area contributed by atoms with E-state index in [0.717, 1.165) is 5.56 Å². The van der Waals surface area contributed by atoms with Gasteiger partial charge < -0.3 is 0 Å². The molecule has 3 aromatic rings. The number of hydrogen-bond acceptors (Lipinski definition) is 6. The molecule has 1 aliphatic heterocycles. The van der Waals surface area contributed by atoms with Crippen molar-refractivity contribution in [3.05, 3.63) is 35.4 Å². The van der Waals surface area contributed by atoms with Crippen LogP contribution in [-0.2, 0) is 17.1 Å². The Bertz CT molecular complexity index is 1180. The van der Waals surface area contributed by atoms with Crippen LogP contribution in [0.4, 0.5) is 0 Å². The van der Waals surface area contributed by atoms with Crippen LogP contribution in [0.5, 0.6) is 0 Å². The number of fused-ring (bicyclic) bond motifs is 1. The average molecular weight is 429 g/mol. The van der Waals surface area contributed by atoms with Gasteiger partial charge in [0.25, 0.3) is 10.0 Å². The second-order valence-corrected chi connectivity index (χ2v) is 11.0. The molecule has 4 heterocycles. The van der Waals surface area contributed by atoms with Gasteiger partial charge in [0.05, 0.1) is 6.20 Å². The highest BCUT2D eigenvalue weighted by Gasteiger charge is 2.52. The summed E-state index contributed by atoms with van der Waals surface area (Å²) in [4.78, 5) is 4.17. The summed E-state index contributed by atoms with van der Waals surface area (Å²) < 4.78 is 31.6. The van der Waals surface area contributed by atoms with Gasteiger partial charge in [-0.3, -0.25) is 4.68 Å². The molecule has 0 aliphatic carbocycles. The van der Waals surface area contributed by atoms with Gasteiger partial charge in [-0.2, -0.15) is 5.10 Å². The monoisotopic (exact) mass is 429 g/mol. The van der Waals surface area contributed by atoms with E-state index in [0.29, 0.717) is 23.5 Å². The first-order valence-corrected chi connectivity index (χ1v) is 11.1. The summed E-state index contributed by atoms with van der Waals surface area (Å²) in [5.74, 6) is 0.0643. The third-order valence-corrected chi connectivity index (χ3v) is 8.02. The molecule has 0 radical (unpaired) electrons. The van der Waals surface area contributed by atoms with E-state index in [9.17, 15) is 8.42 Å². The van der Waals surface area contributed by atoms with Gasteiger partial charge in [-0.05, 0) is 35.0 Å². The molecule has 9 nitrogen and oxygen atoms in total. The minimum absolute atomic E-state index is 0.0401. The van der Waals surface area contributed by atoms with Crippen molar-refractivity contribution < 1.29 is 8.42 Å². The van der Waals surface area contributed by atoms with Gasteiger partial charge in [-0.15, -0.1) is 5.10 Å². The van der Waals surface area contributed by atoms with Crippen LogP contribution in [0.15, 0.2) is 29.8 Å². The van der Waals surface area contributed by atoms with Crippen molar-refractivity contribution >= 4 is 58.7 Å². The highest BCUT2D eigenvalue weighted by molar-refractivity contribution is 7.89. The van der Waals surface area contributed by atoms with Crippen LogP contribution in [0, 0.1) is 0 Å². The molecule has 1 aliphatic rings. The predicted molar refractivity (Wildman–Crippen MR) is 120 cm³/mol. The molecule has 29 heavy (non-hydrogen) atoms. The Morgan fingerprint density at radius 3 is 2.41 bits per heavy atom. The fraction of sp³-hybridized carbons (Fsp3) is 0.429. The maximum absolute atomic E-state index is 13.4. The first kappa shape index (κ1) is 20.5. The van der Waals surface area contributed by atoms with Gasteiger partial charge in [0, 0.05) is 24.3 Å². The molecule has 1 fully saturated rings. The third-order valence-electron chi connectivity index (χ3n) is 5.51. The summed E-state index contributed by atoms with van der Waals surface area (Å²) in [5, 5.41) is 11.1. The Kier molecular flexibility index (Phi) is 4.67. The molecule has 15 heteroatoms. The lowest BCUT2D eigenvalue weighted by Gasteiger charge is -2.54.